The average Bonchev–Trinajstić information content (AvgIpc) is 3.34. The minimum Gasteiger partial charge on any atom is -0.493 e. The van der Waals surface area contributed by atoms with Gasteiger partial charge in [-0.25, -0.2) is 4.98 Å². The fraction of sp³-hybridized carbons (Fsp3) is 0.290. The number of amides is 1. The molecule has 1 heterocycles. The van der Waals surface area contributed by atoms with Crippen molar-refractivity contribution in [1.29, 1.82) is 0 Å². The van der Waals surface area contributed by atoms with Crippen LogP contribution in [0.4, 0.5) is 0 Å². The summed E-state index contributed by atoms with van der Waals surface area (Å²) in [6, 6.07) is 17.0. The number of para-hydroxylation sites is 2. The van der Waals surface area contributed by atoms with Gasteiger partial charge in [-0.1, -0.05) is 30.4 Å². The predicted molar refractivity (Wildman–Crippen MR) is 155 cm³/mol. The second-order valence-corrected chi connectivity index (χ2v) is 8.88. The van der Waals surface area contributed by atoms with E-state index in [1.54, 1.807) is 19.2 Å². The van der Waals surface area contributed by atoms with Gasteiger partial charge in [-0.3, -0.25) is 4.79 Å². The molecule has 0 saturated carbocycles. The Hall–Kier alpha value is -4.66. The van der Waals surface area contributed by atoms with Crippen LogP contribution in [-0.4, -0.2) is 50.5 Å². The van der Waals surface area contributed by atoms with Crippen LogP contribution in [0.25, 0.3) is 17.1 Å². The molecular formula is C31H35N3O6. The van der Waals surface area contributed by atoms with E-state index in [2.05, 4.69) is 9.88 Å². The van der Waals surface area contributed by atoms with Crippen LogP contribution < -0.4 is 29.0 Å². The van der Waals surface area contributed by atoms with Crippen molar-refractivity contribution in [2.45, 2.75) is 26.4 Å². The third-order valence-corrected chi connectivity index (χ3v) is 6.40. The van der Waals surface area contributed by atoms with Gasteiger partial charge >= 0.3 is 0 Å². The number of hydrogen-bond acceptors (Lipinski definition) is 7. The number of nitrogens with zero attached hydrogens (tertiary/aromatic N) is 2. The van der Waals surface area contributed by atoms with Crippen LogP contribution in [0, 0.1) is 0 Å². The van der Waals surface area contributed by atoms with Gasteiger partial charge in [-0.05, 0) is 55.3 Å². The number of methoxy groups -OCH3 is 4. The number of allylic oxidation sites excluding steroid dienone is 1. The Balaban J connectivity index is 1.46. The zero-order valence-corrected chi connectivity index (χ0v) is 23.5. The highest BCUT2D eigenvalue weighted by Crippen LogP contribution is 2.38. The molecule has 9 heteroatoms. The van der Waals surface area contributed by atoms with E-state index >= 15 is 0 Å². The molecule has 0 aliphatic heterocycles. The van der Waals surface area contributed by atoms with Crippen LogP contribution in [0.1, 0.15) is 35.1 Å². The summed E-state index contributed by atoms with van der Waals surface area (Å²) in [6.07, 6.45) is 4.72. The minimum absolute atomic E-state index is 0.241. The molecule has 40 heavy (non-hydrogen) atoms. The van der Waals surface area contributed by atoms with E-state index in [1.165, 1.54) is 21.3 Å². The van der Waals surface area contributed by atoms with Crippen molar-refractivity contribution in [2.75, 3.05) is 35.0 Å². The molecule has 9 nitrogen and oxygen atoms in total. The SMILES string of the molecule is C/C=C/c1ccc(OCCCn2c(CNC(=O)c3cc(OC)c(OC)c(OC)c3)nc3ccccc32)c(OC)c1. The molecule has 0 fully saturated rings. The second kappa shape index (κ2) is 13.4. The third-order valence-electron chi connectivity index (χ3n) is 6.40. The van der Waals surface area contributed by atoms with Gasteiger partial charge in [0.25, 0.3) is 5.91 Å². The summed E-state index contributed by atoms with van der Waals surface area (Å²) in [5.74, 6) is 3.10. The molecule has 0 unspecified atom stereocenters. The summed E-state index contributed by atoms with van der Waals surface area (Å²) in [7, 11) is 6.19. The molecule has 0 aliphatic rings. The first-order valence-corrected chi connectivity index (χ1v) is 13.0. The normalized spacial score (nSPS) is 11.0. The number of aromatic nitrogens is 2. The molecule has 0 aliphatic carbocycles. The summed E-state index contributed by atoms with van der Waals surface area (Å²) >= 11 is 0. The van der Waals surface area contributed by atoms with E-state index in [4.69, 9.17) is 28.7 Å². The Labute approximate surface area is 234 Å². The first-order valence-electron chi connectivity index (χ1n) is 13.0. The van der Waals surface area contributed by atoms with E-state index < -0.39 is 0 Å². The Bertz CT molecular complexity index is 1470. The first kappa shape index (κ1) is 28.4. The largest absolute Gasteiger partial charge is 0.493 e. The van der Waals surface area contributed by atoms with Gasteiger partial charge in [-0.2, -0.15) is 0 Å². The quantitative estimate of drug-likeness (QED) is 0.222. The molecule has 0 bridgehead atoms. The third kappa shape index (κ3) is 6.31. The predicted octanol–water partition coefficient (Wildman–Crippen LogP) is 5.50. The standard InChI is InChI=1S/C31H35N3O6/c1-6-10-21-13-14-25(26(17-21)36-2)40-16-9-15-34-24-12-8-7-11-23(24)33-29(34)20-32-31(35)22-18-27(37-3)30(39-5)28(19-22)38-4/h6-8,10-14,17-19H,9,15-16,20H2,1-5H3,(H,32,35)/b10-6+. The Kier molecular flexibility index (Phi) is 9.51. The molecule has 210 valence electrons. The first-order chi connectivity index (χ1) is 19.5. The maximum atomic E-state index is 13.1. The van der Waals surface area contributed by atoms with Crippen LogP contribution in [-0.2, 0) is 13.1 Å². The fourth-order valence-corrected chi connectivity index (χ4v) is 4.49. The van der Waals surface area contributed by atoms with Crippen molar-refractivity contribution in [2.24, 2.45) is 0 Å². The van der Waals surface area contributed by atoms with Gasteiger partial charge in [0.15, 0.2) is 23.0 Å². The number of imidazole rings is 1. The van der Waals surface area contributed by atoms with Gasteiger partial charge in [0.05, 0.1) is 52.6 Å². The van der Waals surface area contributed by atoms with Gasteiger partial charge in [-0.15, -0.1) is 0 Å². The monoisotopic (exact) mass is 545 g/mol. The van der Waals surface area contributed by atoms with E-state index in [0.29, 0.717) is 47.5 Å². The van der Waals surface area contributed by atoms with Crippen LogP contribution in [0.15, 0.2) is 60.7 Å². The van der Waals surface area contributed by atoms with E-state index in [9.17, 15) is 4.79 Å². The maximum absolute atomic E-state index is 13.1. The summed E-state index contributed by atoms with van der Waals surface area (Å²) in [4.78, 5) is 17.9. The van der Waals surface area contributed by atoms with Crippen molar-refractivity contribution in [1.82, 2.24) is 14.9 Å². The number of carbonyl (C=O) groups excluding carboxylic acids is 1. The Morgan fingerprint density at radius 2 is 1.62 bits per heavy atom. The smallest absolute Gasteiger partial charge is 0.251 e. The number of benzene rings is 3. The van der Waals surface area contributed by atoms with E-state index in [-0.39, 0.29) is 12.5 Å². The summed E-state index contributed by atoms with van der Waals surface area (Å²) < 4.78 is 29.8. The lowest BCUT2D eigenvalue weighted by molar-refractivity contribution is 0.0948. The lowest BCUT2D eigenvalue weighted by Crippen LogP contribution is -2.25. The van der Waals surface area contributed by atoms with Crippen LogP contribution in [0.2, 0.25) is 0 Å². The average molecular weight is 546 g/mol. The lowest BCUT2D eigenvalue weighted by Gasteiger charge is -2.15. The molecule has 0 spiro atoms. The Morgan fingerprint density at radius 3 is 2.30 bits per heavy atom. The topological polar surface area (TPSA) is 93.1 Å². The summed E-state index contributed by atoms with van der Waals surface area (Å²) in [6.45, 7) is 3.37. The molecule has 4 rings (SSSR count). The fourth-order valence-electron chi connectivity index (χ4n) is 4.49. The molecule has 0 saturated heterocycles. The molecule has 1 aromatic heterocycles. The molecule has 0 atom stereocenters. The van der Waals surface area contributed by atoms with Crippen molar-refractivity contribution in [3.63, 3.8) is 0 Å². The van der Waals surface area contributed by atoms with E-state index in [1.807, 2.05) is 61.5 Å². The molecule has 1 amide bonds. The van der Waals surface area contributed by atoms with Crippen molar-refractivity contribution >= 4 is 23.0 Å². The number of carbonyl (C=O) groups is 1. The van der Waals surface area contributed by atoms with Crippen molar-refractivity contribution in [3.8, 4) is 28.7 Å². The van der Waals surface area contributed by atoms with Gasteiger partial charge in [0, 0.05) is 12.1 Å². The molecule has 1 N–H and O–H groups in total. The zero-order chi connectivity index (χ0) is 28.5. The van der Waals surface area contributed by atoms with E-state index in [0.717, 1.165) is 28.8 Å². The molecule has 0 radical (unpaired) electrons. The van der Waals surface area contributed by atoms with Gasteiger partial charge in [0.1, 0.15) is 5.82 Å². The second-order valence-electron chi connectivity index (χ2n) is 8.88. The van der Waals surface area contributed by atoms with Crippen LogP contribution >= 0.6 is 0 Å². The minimum atomic E-state index is -0.283. The van der Waals surface area contributed by atoms with Gasteiger partial charge < -0.3 is 33.6 Å². The number of aryl methyl sites for hydroxylation is 1. The number of rotatable bonds is 13. The highest BCUT2D eigenvalue weighted by molar-refractivity contribution is 5.95. The Morgan fingerprint density at radius 1 is 0.900 bits per heavy atom. The number of fused-ring (bicyclic) bond motifs is 1. The lowest BCUT2D eigenvalue weighted by atomic mass is 10.1. The van der Waals surface area contributed by atoms with Gasteiger partial charge in [0.2, 0.25) is 5.75 Å². The van der Waals surface area contributed by atoms with Crippen LogP contribution in [0.5, 0.6) is 28.7 Å². The maximum Gasteiger partial charge on any atom is 0.251 e. The van der Waals surface area contributed by atoms with Crippen molar-refractivity contribution < 1.29 is 28.5 Å². The molecule has 4 aromatic rings. The zero-order valence-electron chi connectivity index (χ0n) is 23.5. The molecular weight excluding hydrogens is 510 g/mol. The highest BCUT2D eigenvalue weighted by Gasteiger charge is 2.18. The summed E-state index contributed by atoms with van der Waals surface area (Å²) in [5.41, 5.74) is 3.30. The molecule has 3 aromatic carbocycles. The van der Waals surface area contributed by atoms with Crippen LogP contribution in [0.3, 0.4) is 0 Å². The number of hydrogen-bond donors (Lipinski definition) is 1. The van der Waals surface area contributed by atoms with Crippen molar-refractivity contribution in [3.05, 3.63) is 77.6 Å². The highest BCUT2D eigenvalue weighted by atomic mass is 16.5. The number of ether oxygens (including phenoxy) is 5. The summed E-state index contributed by atoms with van der Waals surface area (Å²) in [5, 5.41) is 2.98. The number of nitrogens with one attached hydrogen (secondary N) is 1.